The molecule has 0 aromatic rings. The topological polar surface area (TPSA) is 41.1 Å². The summed E-state index contributed by atoms with van der Waals surface area (Å²) in [4.78, 5) is 11.8. The van der Waals surface area contributed by atoms with E-state index in [1.165, 1.54) is 64.2 Å². The monoisotopic (exact) mass is 280 g/mol. The van der Waals surface area contributed by atoms with Gasteiger partial charge in [-0.1, -0.05) is 51.4 Å². The van der Waals surface area contributed by atoms with E-state index in [0.717, 1.165) is 31.8 Å². The number of nitrogens with one attached hydrogen (secondary N) is 2. The second-order valence-electron chi connectivity index (χ2n) is 6.68. The maximum Gasteiger partial charge on any atom is 0.220 e. The Labute approximate surface area is 124 Å². The van der Waals surface area contributed by atoms with Crippen LogP contribution in [0.15, 0.2) is 0 Å². The van der Waals surface area contributed by atoms with E-state index in [4.69, 9.17) is 0 Å². The minimum Gasteiger partial charge on any atom is -0.355 e. The third-order valence-corrected chi connectivity index (χ3v) is 4.99. The molecule has 2 aliphatic rings. The lowest BCUT2D eigenvalue weighted by atomic mass is 10.0. The van der Waals surface area contributed by atoms with Crippen LogP contribution >= 0.6 is 0 Å². The van der Waals surface area contributed by atoms with Gasteiger partial charge in [0.05, 0.1) is 0 Å². The summed E-state index contributed by atoms with van der Waals surface area (Å²) in [5.41, 5.74) is 0. The molecule has 1 amide bonds. The first-order chi connectivity index (χ1) is 9.84. The van der Waals surface area contributed by atoms with Crippen molar-refractivity contribution in [2.75, 3.05) is 13.1 Å². The molecule has 0 saturated heterocycles. The van der Waals surface area contributed by atoms with E-state index in [9.17, 15) is 4.79 Å². The summed E-state index contributed by atoms with van der Waals surface area (Å²) in [5.74, 6) is 1.07. The Morgan fingerprint density at radius 2 is 1.50 bits per heavy atom. The molecule has 0 aromatic carbocycles. The van der Waals surface area contributed by atoms with Crippen LogP contribution in [0.3, 0.4) is 0 Å². The third-order valence-electron chi connectivity index (χ3n) is 4.99. The summed E-state index contributed by atoms with van der Waals surface area (Å²) < 4.78 is 0. The quantitative estimate of drug-likeness (QED) is 0.554. The van der Waals surface area contributed by atoms with Gasteiger partial charge in [-0.05, 0) is 25.2 Å². The Morgan fingerprint density at radius 1 is 0.850 bits per heavy atom. The number of hydrogen-bond acceptors (Lipinski definition) is 2. The van der Waals surface area contributed by atoms with Crippen LogP contribution in [0.4, 0.5) is 0 Å². The predicted molar refractivity (Wildman–Crippen MR) is 83.7 cm³/mol. The molecule has 3 heteroatoms. The molecular weight excluding hydrogens is 248 g/mol. The van der Waals surface area contributed by atoms with Gasteiger partial charge in [-0.25, -0.2) is 0 Å². The zero-order valence-electron chi connectivity index (χ0n) is 13.0. The Kier molecular flexibility index (Phi) is 7.42. The van der Waals surface area contributed by atoms with Gasteiger partial charge in [0, 0.05) is 25.6 Å². The van der Waals surface area contributed by atoms with Gasteiger partial charge in [-0.2, -0.15) is 0 Å². The number of amides is 1. The molecule has 0 atom stereocenters. The van der Waals surface area contributed by atoms with Crippen LogP contribution in [-0.2, 0) is 4.79 Å². The molecular formula is C17H32N2O. The molecule has 0 radical (unpaired) electrons. The van der Waals surface area contributed by atoms with E-state index >= 15 is 0 Å². The normalized spacial score (nSPS) is 21.8. The second-order valence-corrected chi connectivity index (χ2v) is 6.68. The third kappa shape index (κ3) is 6.25. The number of rotatable bonds is 7. The lowest BCUT2D eigenvalue weighted by Crippen LogP contribution is -2.36. The highest BCUT2D eigenvalue weighted by Gasteiger charge is 2.16. The highest BCUT2D eigenvalue weighted by atomic mass is 16.1. The van der Waals surface area contributed by atoms with Gasteiger partial charge in [0.1, 0.15) is 0 Å². The smallest absolute Gasteiger partial charge is 0.220 e. The van der Waals surface area contributed by atoms with Crippen LogP contribution in [0.5, 0.6) is 0 Å². The van der Waals surface area contributed by atoms with Crippen LogP contribution < -0.4 is 10.6 Å². The van der Waals surface area contributed by atoms with Crippen molar-refractivity contribution in [1.82, 2.24) is 10.6 Å². The van der Waals surface area contributed by atoms with Crippen molar-refractivity contribution in [2.24, 2.45) is 5.92 Å². The summed E-state index contributed by atoms with van der Waals surface area (Å²) in [5, 5.41) is 6.66. The van der Waals surface area contributed by atoms with Gasteiger partial charge in [-0.3, -0.25) is 4.79 Å². The summed E-state index contributed by atoms with van der Waals surface area (Å²) >= 11 is 0. The molecule has 0 aliphatic heterocycles. The molecule has 20 heavy (non-hydrogen) atoms. The standard InChI is InChI=1S/C17H32N2O/c20-17(12-11-15-7-5-6-8-15)19-14-13-18-16-9-3-1-2-4-10-16/h15-16,18H,1-14H2,(H,19,20). The van der Waals surface area contributed by atoms with Crippen molar-refractivity contribution in [3.05, 3.63) is 0 Å². The van der Waals surface area contributed by atoms with Gasteiger partial charge in [0.15, 0.2) is 0 Å². The summed E-state index contributed by atoms with van der Waals surface area (Å²) in [6.45, 7) is 1.72. The lowest BCUT2D eigenvalue weighted by Gasteiger charge is -2.16. The predicted octanol–water partition coefficient (Wildman–Crippen LogP) is 3.39. The van der Waals surface area contributed by atoms with Crippen LogP contribution in [0.1, 0.15) is 77.0 Å². The first kappa shape index (κ1) is 15.8. The van der Waals surface area contributed by atoms with E-state index in [0.29, 0.717) is 6.04 Å². The number of hydrogen-bond donors (Lipinski definition) is 2. The maximum absolute atomic E-state index is 11.8. The maximum atomic E-state index is 11.8. The van der Waals surface area contributed by atoms with Crippen molar-refractivity contribution in [2.45, 2.75) is 83.1 Å². The minimum absolute atomic E-state index is 0.250. The van der Waals surface area contributed by atoms with Gasteiger partial charge >= 0.3 is 0 Å². The lowest BCUT2D eigenvalue weighted by molar-refractivity contribution is -0.121. The van der Waals surface area contributed by atoms with Crippen molar-refractivity contribution < 1.29 is 4.79 Å². The van der Waals surface area contributed by atoms with E-state index in [1.807, 2.05) is 0 Å². The van der Waals surface area contributed by atoms with E-state index in [-0.39, 0.29) is 5.91 Å². The summed E-state index contributed by atoms with van der Waals surface area (Å²) in [6.07, 6.45) is 15.4. The van der Waals surface area contributed by atoms with Crippen LogP contribution in [0.2, 0.25) is 0 Å². The highest BCUT2D eigenvalue weighted by molar-refractivity contribution is 5.75. The SMILES string of the molecule is O=C(CCC1CCCC1)NCCNC1CCCCCC1. The Morgan fingerprint density at radius 3 is 2.20 bits per heavy atom. The zero-order chi connectivity index (χ0) is 14.0. The highest BCUT2D eigenvalue weighted by Crippen LogP contribution is 2.28. The molecule has 0 bridgehead atoms. The number of carbonyl (C=O) groups excluding carboxylic acids is 1. The Bertz CT molecular complexity index is 266. The largest absolute Gasteiger partial charge is 0.355 e. The number of carbonyl (C=O) groups is 1. The molecule has 2 fully saturated rings. The molecule has 2 rings (SSSR count). The van der Waals surface area contributed by atoms with Gasteiger partial charge in [-0.15, -0.1) is 0 Å². The zero-order valence-corrected chi connectivity index (χ0v) is 13.0. The summed E-state index contributed by atoms with van der Waals surface area (Å²) in [7, 11) is 0. The fourth-order valence-corrected chi connectivity index (χ4v) is 3.68. The van der Waals surface area contributed by atoms with Crippen LogP contribution in [-0.4, -0.2) is 25.0 Å². The molecule has 2 aliphatic carbocycles. The molecule has 0 heterocycles. The van der Waals surface area contributed by atoms with E-state index < -0.39 is 0 Å². The molecule has 0 spiro atoms. The molecule has 0 unspecified atom stereocenters. The molecule has 2 N–H and O–H groups in total. The van der Waals surface area contributed by atoms with E-state index in [2.05, 4.69) is 10.6 Å². The fourth-order valence-electron chi connectivity index (χ4n) is 3.68. The second kappa shape index (κ2) is 9.38. The first-order valence-corrected chi connectivity index (χ1v) is 8.84. The average molecular weight is 280 g/mol. The Balaban J connectivity index is 1.46. The molecule has 3 nitrogen and oxygen atoms in total. The molecule has 2 saturated carbocycles. The van der Waals surface area contributed by atoms with Crippen LogP contribution in [0, 0.1) is 5.92 Å². The van der Waals surface area contributed by atoms with Crippen molar-refractivity contribution in [1.29, 1.82) is 0 Å². The average Bonchev–Trinajstić information content (AvgIpc) is 2.84. The molecule has 116 valence electrons. The molecule has 0 aromatic heterocycles. The van der Waals surface area contributed by atoms with Gasteiger partial charge in [0.2, 0.25) is 5.91 Å². The van der Waals surface area contributed by atoms with E-state index in [1.54, 1.807) is 0 Å². The summed E-state index contributed by atoms with van der Waals surface area (Å²) in [6, 6.07) is 0.688. The minimum atomic E-state index is 0.250. The van der Waals surface area contributed by atoms with Crippen molar-refractivity contribution in [3.63, 3.8) is 0 Å². The van der Waals surface area contributed by atoms with Crippen molar-refractivity contribution >= 4 is 5.91 Å². The van der Waals surface area contributed by atoms with Gasteiger partial charge < -0.3 is 10.6 Å². The first-order valence-electron chi connectivity index (χ1n) is 8.84. The fraction of sp³-hybridized carbons (Fsp3) is 0.941. The van der Waals surface area contributed by atoms with Crippen molar-refractivity contribution in [3.8, 4) is 0 Å². The van der Waals surface area contributed by atoms with Gasteiger partial charge in [0.25, 0.3) is 0 Å². The Hall–Kier alpha value is -0.570. The van der Waals surface area contributed by atoms with Crippen LogP contribution in [0.25, 0.3) is 0 Å².